The SMILES string of the molecule is CC(C)CC(NC(=O)C(Cc1ccc(O)cc1)NC(=O)C(CO)NC(=O)CN)C(=O)O. The minimum absolute atomic E-state index is 0.00298. The molecule has 0 saturated heterocycles. The van der Waals surface area contributed by atoms with Crippen molar-refractivity contribution in [1.29, 1.82) is 0 Å². The zero-order chi connectivity index (χ0) is 23.6. The molecular formula is C20H30N4O7. The zero-order valence-electron chi connectivity index (χ0n) is 17.5. The van der Waals surface area contributed by atoms with E-state index in [9.17, 15) is 34.5 Å². The van der Waals surface area contributed by atoms with Gasteiger partial charge < -0.3 is 37.0 Å². The third-order valence-corrected chi connectivity index (χ3v) is 4.35. The maximum atomic E-state index is 12.8. The first-order valence-electron chi connectivity index (χ1n) is 9.79. The first-order chi connectivity index (χ1) is 14.6. The number of benzene rings is 1. The van der Waals surface area contributed by atoms with E-state index in [0.717, 1.165) is 0 Å². The number of nitrogens with two attached hydrogens (primary N) is 1. The number of aliphatic carboxylic acids is 1. The molecule has 31 heavy (non-hydrogen) atoms. The van der Waals surface area contributed by atoms with Crippen LogP contribution in [0.5, 0.6) is 5.75 Å². The lowest BCUT2D eigenvalue weighted by Crippen LogP contribution is -2.57. The predicted molar refractivity (Wildman–Crippen MR) is 111 cm³/mol. The second-order valence-electron chi connectivity index (χ2n) is 7.47. The van der Waals surface area contributed by atoms with E-state index >= 15 is 0 Å². The van der Waals surface area contributed by atoms with Crippen LogP contribution in [0.3, 0.4) is 0 Å². The number of rotatable bonds is 12. The van der Waals surface area contributed by atoms with E-state index in [4.69, 9.17) is 5.73 Å². The van der Waals surface area contributed by atoms with Gasteiger partial charge in [0.15, 0.2) is 0 Å². The molecule has 3 amide bonds. The van der Waals surface area contributed by atoms with Gasteiger partial charge in [0.2, 0.25) is 17.7 Å². The number of amides is 3. The summed E-state index contributed by atoms with van der Waals surface area (Å²) in [6.45, 7) is 2.50. The van der Waals surface area contributed by atoms with E-state index in [1.807, 2.05) is 13.8 Å². The number of hydrogen-bond donors (Lipinski definition) is 7. The fourth-order valence-corrected chi connectivity index (χ4v) is 2.76. The molecule has 172 valence electrons. The van der Waals surface area contributed by atoms with Crippen LogP contribution in [-0.4, -0.2) is 70.3 Å². The average molecular weight is 438 g/mol. The molecule has 0 radical (unpaired) electrons. The van der Waals surface area contributed by atoms with Gasteiger partial charge in [-0.25, -0.2) is 4.79 Å². The molecule has 11 nitrogen and oxygen atoms in total. The Morgan fingerprint density at radius 1 is 0.935 bits per heavy atom. The number of phenols is 1. The molecule has 11 heteroatoms. The highest BCUT2D eigenvalue weighted by atomic mass is 16.4. The summed E-state index contributed by atoms with van der Waals surface area (Å²) >= 11 is 0. The van der Waals surface area contributed by atoms with Gasteiger partial charge in [-0.05, 0) is 30.0 Å². The van der Waals surface area contributed by atoms with Crippen molar-refractivity contribution >= 4 is 23.7 Å². The van der Waals surface area contributed by atoms with E-state index in [2.05, 4.69) is 16.0 Å². The van der Waals surface area contributed by atoms with Crippen LogP contribution in [0.15, 0.2) is 24.3 Å². The van der Waals surface area contributed by atoms with E-state index in [-0.39, 0.29) is 24.5 Å². The number of aliphatic hydroxyl groups is 1. The van der Waals surface area contributed by atoms with Gasteiger partial charge in [-0.3, -0.25) is 14.4 Å². The lowest BCUT2D eigenvalue weighted by molar-refractivity contribution is -0.142. The standard InChI is InChI=1S/C20H30N4O7/c1-11(2)7-15(20(30)31)24-18(28)14(8-12-3-5-13(26)6-4-12)23-19(29)16(10-25)22-17(27)9-21/h3-6,11,14-16,25-26H,7-10,21H2,1-2H3,(H,22,27)(H,23,29)(H,24,28)(H,30,31). The van der Waals surface area contributed by atoms with Gasteiger partial charge in [0.05, 0.1) is 13.2 Å². The Morgan fingerprint density at radius 3 is 1.97 bits per heavy atom. The highest BCUT2D eigenvalue weighted by molar-refractivity contribution is 5.93. The van der Waals surface area contributed by atoms with E-state index < -0.39 is 55.0 Å². The number of hydrogen-bond acceptors (Lipinski definition) is 7. The molecule has 0 bridgehead atoms. The third-order valence-electron chi connectivity index (χ3n) is 4.35. The molecule has 0 fully saturated rings. The van der Waals surface area contributed by atoms with Gasteiger partial charge >= 0.3 is 5.97 Å². The van der Waals surface area contributed by atoms with Gasteiger partial charge in [0.25, 0.3) is 0 Å². The second-order valence-corrected chi connectivity index (χ2v) is 7.47. The summed E-state index contributed by atoms with van der Waals surface area (Å²) in [7, 11) is 0. The van der Waals surface area contributed by atoms with E-state index in [1.54, 1.807) is 12.1 Å². The topological polar surface area (TPSA) is 191 Å². The molecule has 0 aliphatic rings. The quantitative estimate of drug-likeness (QED) is 0.204. The van der Waals surface area contributed by atoms with Gasteiger partial charge in [-0.15, -0.1) is 0 Å². The third kappa shape index (κ3) is 9.01. The summed E-state index contributed by atoms with van der Waals surface area (Å²) in [5, 5.41) is 35.3. The Hall–Kier alpha value is -3.18. The van der Waals surface area contributed by atoms with Crippen LogP contribution in [0, 0.1) is 5.92 Å². The Kier molecular flexibility index (Phi) is 10.4. The molecule has 0 spiro atoms. The van der Waals surface area contributed by atoms with Gasteiger partial charge in [0.1, 0.15) is 23.9 Å². The van der Waals surface area contributed by atoms with E-state index in [0.29, 0.717) is 5.56 Å². The summed E-state index contributed by atoms with van der Waals surface area (Å²) in [5.41, 5.74) is 5.78. The van der Waals surface area contributed by atoms with Crippen LogP contribution in [0.1, 0.15) is 25.8 Å². The maximum absolute atomic E-state index is 12.8. The van der Waals surface area contributed by atoms with E-state index in [1.165, 1.54) is 12.1 Å². The molecule has 8 N–H and O–H groups in total. The van der Waals surface area contributed by atoms with Crippen molar-refractivity contribution in [1.82, 2.24) is 16.0 Å². The van der Waals surface area contributed by atoms with Crippen molar-refractivity contribution in [2.45, 2.75) is 44.8 Å². The summed E-state index contributed by atoms with van der Waals surface area (Å²) < 4.78 is 0. The molecule has 1 aromatic rings. The zero-order valence-corrected chi connectivity index (χ0v) is 17.5. The monoisotopic (exact) mass is 438 g/mol. The number of carbonyl (C=O) groups excluding carboxylic acids is 3. The van der Waals surface area contributed by atoms with Crippen LogP contribution in [-0.2, 0) is 25.6 Å². The number of carbonyl (C=O) groups is 4. The fourth-order valence-electron chi connectivity index (χ4n) is 2.76. The number of aliphatic hydroxyl groups excluding tert-OH is 1. The Labute approximate surface area is 180 Å². The number of carboxylic acids is 1. The molecule has 1 aromatic carbocycles. The van der Waals surface area contributed by atoms with Crippen LogP contribution >= 0.6 is 0 Å². The Morgan fingerprint density at radius 2 is 1.48 bits per heavy atom. The van der Waals surface area contributed by atoms with Crippen molar-refractivity contribution < 1.29 is 34.5 Å². The van der Waals surface area contributed by atoms with Crippen molar-refractivity contribution in [3.05, 3.63) is 29.8 Å². The number of carboxylic acid groups (broad SMARTS) is 1. The predicted octanol–water partition coefficient (Wildman–Crippen LogP) is -1.53. The smallest absolute Gasteiger partial charge is 0.326 e. The summed E-state index contributed by atoms with van der Waals surface area (Å²) in [6.07, 6.45) is 0.168. The van der Waals surface area contributed by atoms with Crippen LogP contribution in [0.2, 0.25) is 0 Å². The minimum Gasteiger partial charge on any atom is -0.508 e. The molecule has 1 rings (SSSR count). The molecule has 0 saturated carbocycles. The number of aromatic hydroxyl groups is 1. The van der Waals surface area contributed by atoms with Gasteiger partial charge in [-0.1, -0.05) is 26.0 Å². The minimum atomic E-state index is -1.34. The average Bonchev–Trinajstić information content (AvgIpc) is 2.71. The molecule has 0 heterocycles. The first kappa shape index (κ1) is 25.9. The van der Waals surface area contributed by atoms with Crippen molar-refractivity contribution in [2.75, 3.05) is 13.2 Å². The number of phenolic OH excluding ortho intramolecular Hbond substituents is 1. The highest BCUT2D eigenvalue weighted by Gasteiger charge is 2.29. The second kappa shape index (κ2) is 12.5. The molecule has 0 aliphatic heterocycles. The fraction of sp³-hybridized carbons (Fsp3) is 0.500. The Balaban J connectivity index is 3.04. The molecule has 3 atom stereocenters. The normalized spacial score (nSPS) is 13.7. The van der Waals surface area contributed by atoms with Crippen molar-refractivity contribution in [3.8, 4) is 5.75 Å². The van der Waals surface area contributed by atoms with Gasteiger partial charge in [-0.2, -0.15) is 0 Å². The van der Waals surface area contributed by atoms with Crippen molar-refractivity contribution in [2.24, 2.45) is 11.7 Å². The van der Waals surface area contributed by atoms with Gasteiger partial charge in [0, 0.05) is 6.42 Å². The molecule has 0 aliphatic carbocycles. The first-order valence-corrected chi connectivity index (χ1v) is 9.79. The van der Waals surface area contributed by atoms with Crippen molar-refractivity contribution in [3.63, 3.8) is 0 Å². The van der Waals surface area contributed by atoms with Crippen LogP contribution < -0.4 is 21.7 Å². The largest absolute Gasteiger partial charge is 0.508 e. The summed E-state index contributed by atoms with van der Waals surface area (Å²) in [4.78, 5) is 48.3. The maximum Gasteiger partial charge on any atom is 0.326 e. The summed E-state index contributed by atoms with van der Waals surface area (Å²) in [6, 6.07) is 2.21. The Bertz CT molecular complexity index is 767. The van der Waals surface area contributed by atoms with Crippen LogP contribution in [0.25, 0.3) is 0 Å². The molecule has 3 unspecified atom stereocenters. The lowest BCUT2D eigenvalue weighted by atomic mass is 10.0. The lowest BCUT2D eigenvalue weighted by Gasteiger charge is -2.24. The van der Waals surface area contributed by atoms with Crippen LogP contribution in [0.4, 0.5) is 0 Å². The highest BCUT2D eigenvalue weighted by Crippen LogP contribution is 2.12. The summed E-state index contributed by atoms with van der Waals surface area (Å²) in [5.74, 6) is -3.44. The number of nitrogens with one attached hydrogen (secondary N) is 3. The molecule has 0 aromatic heterocycles. The molecular weight excluding hydrogens is 408 g/mol.